The van der Waals surface area contributed by atoms with Crippen LogP contribution in [0.5, 0.6) is 0 Å². The van der Waals surface area contributed by atoms with Gasteiger partial charge in [-0.2, -0.15) is 0 Å². The van der Waals surface area contributed by atoms with Gasteiger partial charge in [-0.05, 0) is 12.0 Å². The fourth-order valence-electron chi connectivity index (χ4n) is 2.82. The Labute approximate surface area is 136 Å². The third-order valence-corrected chi connectivity index (χ3v) is 5.25. The third-order valence-electron chi connectivity index (χ3n) is 3.94. The summed E-state index contributed by atoms with van der Waals surface area (Å²) >= 11 is 2.28. The van der Waals surface area contributed by atoms with E-state index in [2.05, 4.69) is 27.9 Å². The van der Waals surface area contributed by atoms with Crippen LogP contribution in [0, 0.1) is 5.92 Å². The lowest BCUT2D eigenvalue weighted by Gasteiger charge is -2.28. The predicted octanol–water partition coefficient (Wildman–Crippen LogP) is 2.42. The monoisotopic (exact) mass is 401 g/mol. The van der Waals surface area contributed by atoms with Gasteiger partial charge in [-0.15, -0.1) is 0 Å². The topological polar surface area (TPSA) is 64.6 Å². The van der Waals surface area contributed by atoms with Crippen LogP contribution >= 0.6 is 22.6 Å². The smallest absolute Gasteiger partial charge is 0.407 e. The summed E-state index contributed by atoms with van der Waals surface area (Å²) in [5.41, 5.74) is 0.934. The maximum absolute atomic E-state index is 11.9. The first-order valence-corrected chi connectivity index (χ1v) is 8.20. The quantitative estimate of drug-likeness (QED) is 0.480. The number of fused-ring (bicyclic) bond motifs is 2. The number of rotatable bonds is 3. The highest BCUT2D eigenvalue weighted by Gasteiger charge is 2.48. The first-order chi connectivity index (χ1) is 10.1. The number of alkyl carbamates (subject to hydrolysis) is 1. The highest BCUT2D eigenvalue weighted by Crippen LogP contribution is 2.38. The summed E-state index contributed by atoms with van der Waals surface area (Å²) in [5, 5.41) is 2.81. The van der Waals surface area contributed by atoms with Crippen LogP contribution in [0.2, 0.25) is 0 Å². The number of alkyl halides is 1. The maximum atomic E-state index is 11.9. The predicted molar refractivity (Wildman–Crippen MR) is 84.0 cm³/mol. The van der Waals surface area contributed by atoms with Crippen molar-refractivity contribution in [2.45, 2.75) is 35.5 Å². The molecule has 112 valence electrons. The molecular weight excluding hydrogens is 385 g/mol. The van der Waals surface area contributed by atoms with Gasteiger partial charge >= 0.3 is 12.1 Å². The van der Waals surface area contributed by atoms with Crippen molar-refractivity contribution in [3.8, 4) is 0 Å². The second-order valence-electron chi connectivity index (χ2n) is 5.38. The molecule has 1 aromatic rings. The van der Waals surface area contributed by atoms with Crippen molar-refractivity contribution in [3.05, 3.63) is 35.9 Å². The molecule has 2 bridgehead atoms. The van der Waals surface area contributed by atoms with Crippen LogP contribution in [0.1, 0.15) is 18.4 Å². The average Bonchev–Trinajstić information content (AvgIpc) is 2.83. The second-order valence-corrected chi connectivity index (χ2v) is 6.98. The molecule has 1 aliphatic carbocycles. The molecule has 0 unspecified atom stereocenters. The van der Waals surface area contributed by atoms with E-state index in [1.54, 1.807) is 0 Å². The van der Waals surface area contributed by atoms with Gasteiger partial charge in [0.2, 0.25) is 0 Å². The van der Waals surface area contributed by atoms with Crippen LogP contribution in [-0.4, -0.2) is 28.1 Å². The maximum Gasteiger partial charge on any atom is 0.407 e. The fraction of sp³-hybridized carbons (Fsp3) is 0.467. The van der Waals surface area contributed by atoms with Gasteiger partial charge in [0.25, 0.3) is 0 Å². The van der Waals surface area contributed by atoms with Crippen LogP contribution < -0.4 is 5.32 Å². The van der Waals surface area contributed by atoms with E-state index >= 15 is 0 Å². The number of carbonyl (C=O) groups excluding carboxylic acids is 2. The first-order valence-electron chi connectivity index (χ1n) is 6.95. The Balaban J connectivity index is 1.54. The number of nitrogens with one attached hydrogen (secondary N) is 1. The van der Waals surface area contributed by atoms with Gasteiger partial charge in [0.15, 0.2) is 0 Å². The normalized spacial score (nSPS) is 30.6. The van der Waals surface area contributed by atoms with Gasteiger partial charge in [-0.3, -0.25) is 4.79 Å². The van der Waals surface area contributed by atoms with Gasteiger partial charge in [0.05, 0.1) is 9.84 Å². The minimum Gasteiger partial charge on any atom is -0.461 e. The van der Waals surface area contributed by atoms with E-state index in [1.165, 1.54) is 0 Å². The standard InChI is InChI=1S/C15H16INO4/c16-11-7-12(10-6-13(11)21-14(10)18)17-15(19)20-8-9-4-2-1-3-5-9/h1-5,10-13H,6-8H2,(H,17,19)/t10-,11+,12+,13+/m1/s1. The molecule has 6 heteroatoms. The van der Waals surface area contributed by atoms with Crippen LogP contribution in [0.15, 0.2) is 30.3 Å². The van der Waals surface area contributed by atoms with Crippen molar-refractivity contribution in [2.75, 3.05) is 0 Å². The van der Waals surface area contributed by atoms with Crippen molar-refractivity contribution in [1.29, 1.82) is 0 Å². The lowest BCUT2D eigenvalue weighted by Crippen LogP contribution is -2.46. The molecule has 1 saturated carbocycles. The molecule has 3 rings (SSSR count). The number of benzene rings is 1. The van der Waals surface area contributed by atoms with Gasteiger partial charge in [-0.1, -0.05) is 52.9 Å². The van der Waals surface area contributed by atoms with E-state index in [4.69, 9.17) is 9.47 Å². The Morgan fingerprint density at radius 2 is 2.10 bits per heavy atom. The summed E-state index contributed by atoms with van der Waals surface area (Å²) in [6, 6.07) is 9.30. The molecule has 0 aromatic heterocycles. The van der Waals surface area contributed by atoms with E-state index < -0.39 is 6.09 Å². The molecule has 1 saturated heterocycles. The summed E-state index contributed by atoms with van der Waals surface area (Å²) in [6.07, 6.45) is 0.949. The van der Waals surface area contributed by atoms with E-state index in [1.807, 2.05) is 30.3 Å². The lowest BCUT2D eigenvalue weighted by molar-refractivity contribution is -0.143. The second kappa shape index (κ2) is 6.21. The molecule has 1 heterocycles. The molecule has 5 nitrogen and oxygen atoms in total. The van der Waals surface area contributed by atoms with E-state index in [-0.39, 0.29) is 34.6 Å². The summed E-state index contributed by atoms with van der Waals surface area (Å²) in [5.74, 6) is -0.433. The minimum atomic E-state index is -0.481. The zero-order valence-corrected chi connectivity index (χ0v) is 13.5. The van der Waals surface area contributed by atoms with Crippen molar-refractivity contribution in [1.82, 2.24) is 5.32 Å². The number of esters is 1. The molecular formula is C15H16INO4. The number of carbonyl (C=O) groups is 2. The van der Waals surface area contributed by atoms with Crippen LogP contribution in [-0.2, 0) is 20.9 Å². The van der Waals surface area contributed by atoms with Gasteiger partial charge in [0, 0.05) is 12.5 Å². The largest absolute Gasteiger partial charge is 0.461 e. The van der Waals surface area contributed by atoms with Crippen LogP contribution in [0.4, 0.5) is 4.79 Å². The SMILES string of the molecule is O=C(N[C@H]1C[C@H](I)[C@@H]2C[C@H]1C(=O)O2)OCc1ccccc1. The molecule has 1 aromatic carbocycles. The Kier molecular flexibility index (Phi) is 4.32. The molecule has 1 aliphatic heterocycles. The molecule has 0 radical (unpaired) electrons. The Morgan fingerprint density at radius 1 is 1.33 bits per heavy atom. The first kappa shape index (κ1) is 14.6. The molecule has 4 atom stereocenters. The van der Waals surface area contributed by atoms with Crippen LogP contribution in [0.25, 0.3) is 0 Å². The van der Waals surface area contributed by atoms with Crippen molar-refractivity contribution in [3.63, 3.8) is 0 Å². The summed E-state index contributed by atoms with van der Waals surface area (Å²) in [4.78, 5) is 23.6. The van der Waals surface area contributed by atoms with Crippen molar-refractivity contribution >= 4 is 34.7 Å². The molecule has 1 N–H and O–H groups in total. The number of hydrogen-bond donors (Lipinski definition) is 1. The highest BCUT2D eigenvalue weighted by molar-refractivity contribution is 14.1. The Bertz CT molecular complexity index is 536. The van der Waals surface area contributed by atoms with Gasteiger partial charge in [0.1, 0.15) is 12.7 Å². The number of ether oxygens (including phenoxy) is 2. The Morgan fingerprint density at radius 3 is 2.86 bits per heavy atom. The fourth-order valence-corrected chi connectivity index (χ4v) is 3.80. The van der Waals surface area contributed by atoms with Crippen molar-refractivity contribution in [2.24, 2.45) is 5.92 Å². The highest BCUT2D eigenvalue weighted by atomic mass is 127. The van der Waals surface area contributed by atoms with E-state index in [0.29, 0.717) is 6.42 Å². The zero-order valence-electron chi connectivity index (χ0n) is 11.3. The van der Waals surface area contributed by atoms with Crippen LogP contribution in [0.3, 0.4) is 0 Å². The van der Waals surface area contributed by atoms with E-state index in [9.17, 15) is 9.59 Å². The summed E-state index contributed by atoms with van der Waals surface area (Å²) in [6.45, 7) is 0.227. The van der Waals surface area contributed by atoms with E-state index in [0.717, 1.165) is 12.0 Å². The molecule has 2 fully saturated rings. The van der Waals surface area contributed by atoms with Gasteiger partial charge in [-0.25, -0.2) is 4.79 Å². The number of halogens is 1. The lowest BCUT2D eigenvalue weighted by atomic mass is 9.85. The van der Waals surface area contributed by atoms with Crippen molar-refractivity contribution < 1.29 is 19.1 Å². The molecule has 2 aliphatic rings. The molecule has 21 heavy (non-hydrogen) atoms. The van der Waals surface area contributed by atoms with Gasteiger partial charge < -0.3 is 14.8 Å². The Hall–Kier alpha value is -1.31. The zero-order chi connectivity index (χ0) is 14.8. The third kappa shape index (κ3) is 3.30. The number of hydrogen-bond acceptors (Lipinski definition) is 4. The molecule has 1 amide bonds. The minimum absolute atomic E-state index is 0.00138. The number of amides is 1. The average molecular weight is 401 g/mol. The summed E-state index contributed by atoms with van der Waals surface area (Å²) < 4.78 is 10.7. The molecule has 0 spiro atoms. The summed E-state index contributed by atoms with van der Waals surface area (Å²) in [7, 11) is 0.